The molecule has 0 bridgehead atoms. The predicted molar refractivity (Wildman–Crippen MR) is 282 cm³/mol. The Morgan fingerprint density at radius 2 is 1.36 bits per heavy atom. The van der Waals surface area contributed by atoms with Crippen LogP contribution in [0.1, 0.15) is 234 Å². The fourth-order valence-electron chi connectivity index (χ4n) is 14.1. The van der Waals surface area contributed by atoms with E-state index in [-0.39, 0.29) is 6.10 Å². The summed E-state index contributed by atoms with van der Waals surface area (Å²) in [5.74, 6) is 5.41. The first-order valence-corrected chi connectivity index (χ1v) is 29.3. The molecule has 0 amide bonds. The van der Waals surface area contributed by atoms with Crippen molar-refractivity contribution in [2.75, 3.05) is 59.3 Å². The molecule has 4 fully saturated rings. The maximum atomic E-state index is 6.57. The first-order chi connectivity index (χ1) is 32.2. The summed E-state index contributed by atoms with van der Waals surface area (Å²) in [6.45, 7) is 23.2. The van der Waals surface area contributed by atoms with Gasteiger partial charge in [0.1, 0.15) is 0 Å². The zero-order valence-corrected chi connectivity index (χ0v) is 44.7. The van der Waals surface area contributed by atoms with Crippen LogP contribution in [0.25, 0.3) is 0 Å². The summed E-state index contributed by atoms with van der Waals surface area (Å²) >= 11 is 0. The summed E-state index contributed by atoms with van der Waals surface area (Å²) in [5, 5.41) is 0. The minimum absolute atomic E-state index is 0.160. The van der Waals surface area contributed by atoms with Crippen LogP contribution in [-0.4, -0.2) is 76.4 Å². The monoisotopic (exact) mass is 920 g/mol. The van der Waals surface area contributed by atoms with Gasteiger partial charge in [-0.05, 0) is 175 Å². The average molecular weight is 921 g/mol. The van der Waals surface area contributed by atoms with Gasteiger partial charge in [-0.15, -0.1) is 0 Å². The Morgan fingerprint density at radius 1 is 0.667 bits per heavy atom. The lowest BCUT2D eigenvalue weighted by molar-refractivity contribution is -0.0651. The summed E-state index contributed by atoms with van der Waals surface area (Å²) in [6.07, 6.45) is 52.1. The van der Waals surface area contributed by atoms with Crippen molar-refractivity contribution < 1.29 is 18.9 Å². The van der Waals surface area contributed by atoms with Gasteiger partial charge in [-0.2, -0.15) is 0 Å². The number of hydrogen-bond donors (Lipinski definition) is 0. The largest absolute Gasteiger partial charge is 0.381 e. The number of nitrogens with zero attached hydrogens (tertiary/aromatic N) is 1. The molecular weight excluding hydrogens is 811 g/mol. The van der Waals surface area contributed by atoms with Crippen molar-refractivity contribution in [2.45, 2.75) is 246 Å². The van der Waals surface area contributed by atoms with Gasteiger partial charge in [0.2, 0.25) is 0 Å². The lowest BCUT2D eigenvalue weighted by Crippen LogP contribution is -2.51. The molecule has 5 heteroatoms. The Kier molecular flexibility index (Phi) is 27.2. The molecule has 1 saturated heterocycles. The second kappa shape index (κ2) is 32.1. The Balaban J connectivity index is 0.868. The number of hydrogen-bond acceptors (Lipinski definition) is 5. The molecule has 5 rings (SSSR count). The van der Waals surface area contributed by atoms with Crippen molar-refractivity contribution in [1.82, 2.24) is 4.90 Å². The van der Waals surface area contributed by atoms with E-state index in [0.717, 1.165) is 107 Å². The third-order valence-electron chi connectivity index (χ3n) is 18.0. The van der Waals surface area contributed by atoms with E-state index in [1.807, 2.05) is 0 Å². The van der Waals surface area contributed by atoms with E-state index >= 15 is 0 Å². The van der Waals surface area contributed by atoms with Gasteiger partial charge in [0.05, 0.1) is 18.8 Å². The second-order valence-corrected chi connectivity index (χ2v) is 23.6. The van der Waals surface area contributed by atoms with Gasteiger partial charge < -0.3 is 23.8 Å². The smallest absolute Gasteiger partial charge is 0.0934 e. The number of rotatable bonds is 36. The third kappa shape index (κ3) is 19.0. The number of unbranched alkanes of at least 4 members (excludes halogenated alkanes) is 11. The number of piperidine rings is 1. The molecule has 1 aliphatic heterocycles. The zero-order chi connectivity index (χ0) is 46.7. The highest BCUT2D eigenvalue weighted by Gasteiger charge is 2.59. The molecule has 5 nitrogen and oxygen atoms in total. The molecule has 0 radical (unpaired) electrons. The third-order valence-corrected chi connectivity index (χ3v) is 18.0. The van der Waals surface area contributed by atoms with Gasteiger partial charge in [-0.25, -0.2) is 0 Å². The molecule has 0 aromatic heterocycles. The molecule has 0 aromatic carbocycles. The fraction of sp³-hybridized carbons (Fsp3) is 0.902. The van der Waals surface area contributed by atoms with Gasteiger partial charge in [0.25, 0.3) is 0 Å². The molecular formula is C61H109NO4. The van der Waals surface area contributed by atoms with Crippen LogP contribution in [0.15, 0.2) is 36.0 Å². The Labute approximate surface area is 410 Å². The van der Waals surface area contributed by atoms with E-state index in [4.69, 9.17) is 18.9 Å². The first-order valence-electron chi connectivity index (χ1n) is 29.3. The standard InChI is InChI=1S/C61H109NO4/c1-7-8-9-10-11-12-13-14-15-16-17-18-19-20-21-22-23-27-43-64-50-55(49-62-41-25-24-26-42-62)66-47-30-45-63-44-29-46-65-54-37-39-60(5)53(48-54)33-34-56-58-36-35-57(52(4)32-28-31-51(2)3)61(58,6)40-38-59(56)60/h11-12,14-15,33,51-52,54-59H,7-10,13,16-32,34-50H2,1-6H3/t52-,54+,55?,56+,57-,58+,59+,60+,61-/m1/s1. The molecule has 4 aliphatic carbocycles. The lowest BCUT2D eigenvalue weighted by atomic mass is 9.47. The number of fused-ring (bicyclic) bond motifs is 5. The first kappa shape index (κ1) is 55.9. The van der Waals surface area contributed by atoms with Crippen LogP contribution >= 0.6 is 0 Å². The molecule has 5 aliphatic rings. The Morgan fingerprint density at radius 3 is 2.11 bits per heavy atom. The van der Waals surface area contributed by atoms with Crippen molar-refractivity contribution >= 4 is 0 Å². The summed E-state index contributed by atoms with van der Waals surface area (Å²) in [7, 11) is 0. The quantitative estimate of drug-likeness (QED) is 0.0463. The highest BCUT2D eigenvalue weighted by atomic mass is 16.5. The number of ether oxygens (including phenoxy) is 4. The van der Waals surface area contributed by atoms with Crippen molar-refractivity contribution in [2.24, 2.45) is 46.3 Å². The predicted octanol–water partition coefficient (Wildman–Crippen LogP) is 16.7. The van der Waals surface area contributed by atoms with Crippen molar-refractivity contribution in [3.05, 3.63) is 36.0 Å². The maximum absolute atomic E-state index is 6.57. The van der Waals surface area contributed by atoms with Crippen molar-refractivity contribution in [3.8, 4) is 0 Å². The normalized spacial score (nSPS) is 29.1. The summed E-state index contributed by atoms with van der Waals surface area (Å²) < 4.78 is 25.3. The summed E-state index contributed by atoms with van der Waals surface area (Å²) in [6, 6.07) is 0. The second-order valence-electron chi connectivity index (χ2n) is 23.6. The van der Waals surface area contributed by atoms with Gasteiger partial charge in [0, 0.05) is 39.6 Å². The van der Waals surface area contributed by atoms with E-state index in [9.17, 15) is 0 Å². The van der Waals surface area contributed by atoms with Crippen LogP contribution in [0.2, 0.25) is 0 Å². The van der Waals surface area contributed by atoms with Gasteiger partial charge in [-0.1, -0.05) is 155 Å². The van der Waals surface area contributed by atoms with Gasteiger partial charge in [0.15, 0.2) is 0 Å². The molecule has 0 N–H and O–H groups in total. The van der Waals surface area contributed by atoms with Crippen LogP contribution < -0.4 is 0 Å². The molecule has 66 heavy (non-hydrogen) atoms. The minimum Gasteiger partial charge on any atom is -0.381 e. The molecule has 1 unspecified atom stereocenters. The molecule has 382 valence electrons. The zero-order valence-electron chi connectivity index (χ0n) is 44.7. The van der Waals surface area contributed by atoms with Crippen LogP contribution in [-0.2, 0) is 18.9 Å². The number of allylic oxidation sites excluding steroid dienone is 5. The minimum atomic E-state index is 0.160. The highest BCUT2D eigenvalue weighted by Crippen LogP contribution is 2.67. The van der Waals surface area contributed by atoms with E-state index in [1.54, 1.807) is 5.57 Å². The maximum Gasteiger partial charge on any atom is 0.0934 e. The van der Waals surface area contributed by atoms with Crippen molar-refractivity contribution in [3.63, 3.8) is 0 Å². The van der Waals surface area contributed by atoms with Gasteiger partial charge in [-0.3, -0.25) is 0 Å². The topological polar surface area (TPSA) is 40.2 Å². The van der Waals surface area contributed by atoms with E-state index < -0.39 is 0 Å². The van der Waals surface area contributed by atoms with E-state index in [0.29, 0.717) is 16.9 Å². The van der Waals surface area contributed by atoms with Gasteiger partial charge >= 0.3 is 0 Å². The SMILES string of the molecule is CCCCCC=CCC=CCCCCCCCCCCOCC(CN1CCCCC1)OCCCOCCCO[C@H]1CC[C@@]2(C)C(=CC[C@H]3[C@@H]4CC[C@H]([C@H](C)CCCC(C)C)[C@@]4(C)CC[C@@H]32)C1. The van der Waals surface area contributed by atoms with Crippen LogP contribution in [0.5, 0.6) is 0 Å². The summed E-state index contributed by atoms with van der Waals surface area (Å²) in [5.41, 5.74) is 2.73. The highest BCUT2D eigenvalue weighted by molar-refractivity contribution is 5.25. The molecule has 1 heterocycles. The Hall–Kier alpha value is -0.980. The molecule has 0 spiro atoms. The van der Waals surface area contributed by atoms with Crippen LogP contribution in [0, 0.1) is 46.3 Å². The fourth-order valence-corrected chi connectivity index (χ4v) is 14.1. The van der Waals surface area contributed by atoms with Crippen LogP contribution in [0.4, 0.5) is 0 Å². The average Bonchev–Trinajstić information content (AvgIpc) is 3.67. The molecule has 0 aromatic rings. The number of likely N-dealkylation sites (tertiary alicyclic amines) is 1. The lowest BCUT2D eigenvalue weighted by Gasteiger charge is -2.58. The van der Waals surface area contributed by atoms with E-state index in [1.165, 1.54) is 180 Å². The molecule has 9 atom stereocenters. The summed E-state index contributed by atoms with van der Waals surface area (Å²) in [4.78, 5) is 2.60. The Bertz CT molecular complexity index is 1340. The molecule has 3 saturated carbocycles. The van der Waals surface area contributed by atoms with E-state index in [2.05, 4.69) is 76.8 Å². The van der Waals surface area contributed by atoms with Crippen molar-refractivity contribution in [1.29, 1.82) is 0 Å². The van der Waals surface area contributed by atoms with Crippen LogP contribution in [0.3, 0.4) is 0 Å².